The zero-order valence-electron chi connectivity index (χ0n) is 14.7. The van der Waals surface area contributed by atoms with Gasteiger partial charge in [-0.15, -0.1) is 21.5 Å². The molecule has 2 aromatic heterocycles. The van der Waals surface area contributed by atoms with Gasteiger partial charge < -0.3 is 4.57 Å². The smallest absolute Gasteiger partial charge is 0.164 e. The van der Waals surface area contributed by atoms with Crippen molar-refractivity contribution in [3.05, 3.63) is 54.3 Å². The van der Waals surface area contributed by atoms with Gasteiger partial charge in [-0.25, -0.2) is 4.98 Å². The quantitative estimate of drug-likeness (QED) is 0.479. The molecule has 5 heteroatoms. The zero-order valence-corrected chi connectivity index (χ0v) is 15.5. The lowest BCUT2D eigenvalue weighted by Gasteiger charge is -2.14. The highest BCUT2D eigenvalue weighted by atomic mass is 32.1. The first-order valence-corrected chi connectivity index (χ1v) is 9.99. The molecular weight excluding hydrogens is 340 g/mol. The van der Waals surface area contributed by atoms with Gasteiger partial charge in [0, 0.05) is 11.6 Å². The van der Waals surface area contributed by atoms with Crippen LogP contribution in [0, 0.1) is 5.92 Å². The average Bonchev–Trinajstić information content (AvgIpc) is 3.41. The first-order chi connectivity index (χ1) is 12.8. The second-order valence-electron chi connectivity index (χ2n) is 7.25. The Morgan fingerprint density at radius 1 is 1.00 bits per heavy atom. The molecule has 1 saturated carbocycles. The zero-order chi connectivity index (χ0) is 17.5. The van der Waals surface area contributed by atoms with Crippen molar-refractivity contribution >= 4 is 21.6 Å². The summed E-state index contributed by atoms with van der Waals surface area (Å²) >= 11 is 1.68. The molecule has 2 heterocycles. The van der Waals surface area contributed by atoms with Gasteiger partial charge in [0.1, 0.15) is 6.33 Å². The van der Waals surface area contributed by atoms with E-state index >= 15 is 0 Å². The second-order valence-corrected chi connectivity index (χ2v) is 8.13. The minimum atomic E-state index is 0.531. The Morgan fingerprint density at radius 2 is 1.81 bits per heavy atom. The molecule has 0 bridgehead atoms. The van der Waals surface area contributed by atoms with Gasteiger partial charge in [0.15, 0.2) is 5.82 Å². The Kier molecular flexibility index (Phi) is 3.82. The van der Waals surface area contributed by atoms with Crippen LogP contribution in [0.15, 0.2) is 54.3 Å². The van der Waals surface area contributed by atoms with Crippen LogP contribution >= 0.6 is 11.3 Å². The fourth-order valence-corrected chi connectivity index (χ4v) is 4.71. The summed E-state index contributed by atoms with van der Waals surface area (Å²) in [6.45, 7) is 2.33. The molecule has 0 aliphatic heterocycles. The number of hydrogen-bond acceptors (Lipinski definition) is 4. The number of thiazole rings is 1. The lowest BCUT2D eigenvalue weighted by atomic mass is 10.0. The van der Waals surface area contributed by atoms with Gasteiger partial charge in [-0.1, -0.05) is 37.3 Å². The molecule has 4 nitrogen and oxygen atoms in total. The van der Waals surface area contributed by atoms with Crippen molar-refractivity contribution in [1.82, 2.24) is 19.7 Å². The molecule has 0 N–H and O–H groups in total. The van der Waals surface area contributed by atoms with Crippen LogP contribution in [0.4, 0.5) is 0 Å². The van der Waals surface area contributed by atoms with Gasteiger partial charge in [0.2, 0.25) is 0 Å². The molecule has 0 amide bonds. The molecular formula is C21H20N4S. The number of nitrogens with zero attached hydrogens (tertiary/aromatic N) is 4. The Balaban J connectivity index is 1.46. The summed E-state index contributed by atoms with van der Waals surface area (Å²) in [4.78, 5) is 4.35. The molecule has 1 aliphatic carbocycles. The highest BCUT2D eigenvalue weighted by Crippen LogP contribution is 2.36. The fourth-order valence-electron chi connectivity index (χ4n) is 3.99. The van der Waals surface area contributed by atoms with Crippen molar-refractivity contribution in [3.63, 3.8) is 0 Å². The lowest BCUT2D eigenvalue weighted by Crippen LogP contribution is -2.06. The van der Waals surface area contributed by atoms with Crippen molar-refractivity contribution < 1.29 is 0 Å². The highest BCUT2D eigenvalue weighted by Gasteiger charge is 2.25. The standard InChI is InChI=1S/C21H20N4S/c1-14-2-8-18(10-14)25-12-23-24-21(25)16-5-3-15(4-6-16)17-7-9-19-20(11-17)26-13-22-19/h3-7,9,11-14,18H,2,8,10H2,1H3/t14-,18?/m0/s1. The number of rotatable bonds is 3. The summed E-state index contributed by atoms with van der Waals surface area (Å²) in [7, 11) is 0. The predicted octanol–water partition coefficient (Wildman–Crippen LogP) is 5.58. The molecule has 1 fully saturated rings. The average molecular weight is 360 g/mol. The number of benzene rings is 2. The lowest BCUT2D eigenvalue weighted by molar-refractivity contribution is 0.496. The van der Waals surface area contributed by atoms with Gasteiger partial charge in [0.25, 0.3) is 0 Å². The van der Waals surface area contributed by atoms with Crippen molar-refractivity contribution in [3.8, 4) is 22.5 Å². The third-order valence-electron chi connectivity index (χ3n) is 5.44. The molecule has 130 valence electrons. The van der Waals surface area contributed by atoms with Gasteiger partial charge in [-0.2, -0.15) is 0 Å². The van der Waals surface area contributed by atoms with Crippen LogP contribution in [-0.2, 0) is 0 Å². The van der Waals surface area contributed by atoms with E-state index in [-0.39, 0.29) is 0 Å². The molecule has 2 aromatic carbocycles. The molecule has 0 saturated heterocycles. The number of hydrogen-bond donors (Lipinski definition) is 0. The van der Waals surface area contributed by atoms with E-state index in [0.717, 1.165) is 22.8 Å². The Labute approximate surface area is 156 Å². The highest BCUT2D eigenvalue weighted by molar-refractivity contribution is 7.16. The van der Waals surface area contributed by atoms with E-state index in [2.05, 4.69) is 69.1 Å². The van der Waals surface area contributed by atoms with Crippen molar-refractivity contribution in [2.45, 2.75) is 32.2 Å². The van der Waals surface area contributed by atoms with Gasteiger partial charge in [0.05, 0.1) is 15.7 Å². The minimum absolute atomic E-state index is 0.531. The van der Waals surface area contributed by atoms with Crippen LogP contribution in [0.5, 0.6) is 0 Å². The summed E-state index contributed by atoms with van der Waals surface area (Å²) < 4.78 is 3.49. The van der Waals surface area contributed by atoms with Gasteiger partial charge in [-0.3, -0.25) is 0 Å². The SMILES string of the molecule is C[C@H]1CCC(n2cnnc2-c2ccc(-c3ccc4ncsc4c3)cc2)C1. The third-order valence-corrected chi connectivity index (χ3v) is 6.23. The molecule has 0 spiro atoms. The van der Waals surface area contributed by atoms with E-state index in [1.165, 1.54) is 35.1 Å². The van der Waals surface area contributed by atoms with Crippen LogP contribution in [0.2, 0.25) is 0 Å². The van der Waals surface area contributed by atoms with E-state index in [9.17, 15) is 0 Å². The Morgan fingerprint density at radius 3 is 2.62 bits per heavy atom. The van der Waals surface area contributed by atoms with E-state index in [1.807, 2.05) is 11.8 Å². The van der Waals surface area contributed by atoms with E-state index in [0.29, 0.717) is 6.04 Å². The maximum absolute atomic E-state index is 4.40. The fraction of sp³-hybridized carbons (Fsp3) is 0.286. The molecule has 5 rings (SSSR count). The van der Waals surface area contributed by atoms with Crippen LogP contribution in [0.25, 0.3) is 32.7 Å². The summed E-state index contributed by atoms with van der Waals surface area (Å²) in [5.74, 6) is 1.77. The largest absolute Gasteiger partial charge is 0.310 e. The molecule has 26 heavy (non-hydrogen) atoms. The summed E-state index contributed by atoms with van der Waals surface area (Å²) in [6, 6.07) is 15.6. The monoisotopic (exact) mass is 360 g/mol. The topological polar surface area (TPSA) is 43.6 Å². The normalized spacial score (nSPS) is 20.0. The predicted molar refractivity (Wildman–Crippen MR) is 106 cm³/mol. The van der Waals surface area contributed by atoms with Crippen LogP contribution in [0.3, 0.4) is 0 Å². The van der Waals surface area contributed by atoms with Gasteiger partial charge in [-0.05, 0) is 48.4 Å². The third kappa shape index (κ3) is 2.72. The van der Waals surface area contributed by atoms with Crippen LogP contribution < -0.4 is 0 Å². The first-order valence-electron chi connectivity index (χ1n) is 9.11. The maximum atomic E-state index is 4.40. The summed E-state index contributed by atoms with van der Waals surface area (Å²) in [6.07, 6.45) is 5.63. The molecule has 4 aromatic rings. The molecule has 1 aliphatic rings. The molecule has 2 atom stereocenters. The van der Waals surface area contributed by atoms with Crippen LogP contribution in [0.1, 0.15) is 32.2 Å². The minimum Gasteiger partial charge on any atom is -0.310 e. The number of fused-ring (bicyclic) bond motifs is 1. The maximum Gasteiger partial charge on any atom is 0.164 e. The van der Waals surface area contributed by atoms with E-state index in [4.69, 9.17) is 0 Å². The molecule has 0 radical (unpaired) electrons. The van der Waals surface area contributed by atoms with Crippen molar-refractivity contribution in [2.24, 2.45) is 5.92 Å². The Hall–Kier alpha value is -2.53. The first kappa shape index (κ1) is 15.7. The second kappa shape index (κ2) is 6.32. The summed E-state index contributed by atoms with van der Waals surface area (Å²) in [5.41, 5.74) is 6.52. The van der Waals surface area contributed by atoms with Crippen LogP contribution in [-0.4, -0.2) is 19.7 Å². The van der Waals surface area contributed by atoms with Crippen molar-refractivity contribution in [1.29, 1.82) is 0 Å². The van der Waals surface area contributed by atoms with Crippen molar-refractivity contribution in [2.75, 3.05) is 0 Å². The van der Waals surface area contributed by atoms with Gasteiger partial charge >= 0.3 is 0 Å². The molecule has 1 unspecified atom stereocenters. The number of aromatic nitrogens is 4. The van der Waals surface area contributed by atoms with E-state index in [1.54, 1.807) is 11.3 Å². The Bertz CT molecular complexity index is 1050. The van der Waals surface area contributed by atoms with E-state index < -0.39 is 0 Å². The summed E-state index contributed by atoms with van der Waals surface area (Å²) in [5, 5.41) is 8.58.